The van der Waals surface area contributed by atoms with Crippen LogP contribution in [0.3, 0.4) is 0 Å². The maximum Gasteiger partial charge on any atom is 0.274 e. The molecule has 0 saturated heterocycles. The number of aromatic nitrogens is 1. The fraction of sp³-hybridized carbons (Fsp3) is 0.667. The molecule has 0 aromatic carbocycles. The van der Waals surface area contributed by atoms with Gasteiger partial charge in [-0.3, -0.25) is 0 Å². The lowest BCUT2D eigenvalue weighted by atomic mass is 9.98. The summed E-state index contributed by atoms with van der Waals surface area (Å²) in [6.45, 7) is 0. The molecular formula is C9H12BrNOS. The van der Waals surface area contributed by atoms with Crippen molar-refractivity contribution in [2.24, 2.45) is 0 Å². The van der Waals surface area contributed by atoms with E-state index in [1.165, 1.54) is 32.1 Å². The molecule has 0 N–H and O–H groups in total. The smallest absolute Gasteiger partial charge is 0.274 e. The van der Waals surface area contributed by atoms with Crippen LogP contribution in [0, 0.1) is 0 Å². The van der Waals surface area contributed by atoms with Crippen LogP contribution >= 0.6 is 27.3 Å². The molecule has 0 amide bonds. The molecule has 1 aromatic rings. The van der Waals surface area contributed by atoms with E-state index in [1.54, 1.807) is 11.3 Å². The number of hydrogen-bond donors (Lipinski definition) is 0. The van der Waals surface area contributed by atoms with E-state index in [4.69, 9.17) is 4.74 Å². The van der Waals surface area contributed by atoms with Crippen molar-refractivity contribution < 1.29 is 4.74 Å². The van der Waals surface area contributed by atoms with Crippen molar-refractivity contribution in [2.75, 3.05) is 0 Å². The van der Waals surface area contributed by atoms with E-state index in [-0.39, 0.29) is 0 Å². The number of hydrogen-bond acceptors (Lipinski definition) is 3. The highest BCUT2D eigenvalue weighted by Gasteiger charge is 2.15. The molecule has 72 valence electrons. The summed E-state index contributed by atoms with van der Waals surface area (Å²) in [7, 11) is 0. The number of nitrogens with zero attached hydrogens (tertiary/aromatic N) is 1. The Bertz CT molecular complexity index is 270. The summed E-state index contributed by atoms with van der Waals surface area (Å²) in [4.78, 5) is 4.22. The zero-order chi connectivity index (χ0) is 9.10. The minimum atomic E-state index is 0.409. The van der Waals surface area contributed by atoms with E-state index in [1.807, 2.05) is 5.38 Å². The summed E-state index contributed by atoms with van der Waals surface area (Å²) in [5, 5.41) is 2.76. The van der Waals surface area contributed by atoms with Crippen LogP contribution in [0.25, 0.3) is 0 Å². The number of rotatable bonds is 2. The van der Waals surface area contributed by atoms with Gasteiger partial charge in [0, 0.05) is 5.38 Å². The van der Waals surface area contributed by atoms with Crippen molar-refractivity contribution >= 4 is 27.3 Å². The average molecular weight is 262 g/mol. The van der Waals surface area contributed by atoms with Gasteiger partial charge in [-0.15, -0.1) is 0 Å². The van der Waals surface area contributed by atoms with E-state index in [2.05, 4.69) is 20.9 Å². The Labute approximate surface area is 90.5 Å². The Morgan fingerprint density at radius 1 is 1.38 bits per heavy atom. The SMILES string of the molecule is Brc1csc(OC2CCCCC2)n1. The van der Waals surface area contributed by atoms with Gasteiger partial charge in [-0.1, -0.05) is 17.8 Å². The summed E-state index contributed by atoms with van der Waals surface area (Å²) in [6, 6.07) is 0. The molecule has 1 aromatic heterocycles. The third-order valence-corrected chi connectivity index (χ3v) is 3.71. The van der Waals surface area contributed by atoms with Gasteiger partial charge in [0.25, 0.3) is 5.19 Å². The third kappa shape index (κ3) is 2.68. The van der Waals surface area contributed by atoms with Gasteiger partial charge in [0.2, 0.25) is 0 Å². The molecule has 1 aliphatic carbocycles. The zero-order valence-electron chi connectivity index (χ0n) is 7.33. The molecule has 0 atom stereocenters. The Hall–Kier alpha value is -0.0900. The minimum absolute atomic E-state index is 0.409. The molecule has 4 heteroatoms. The van der Waals surface area contributed by atoms with Gasteiger partial charge in [-0.2, -0.15) is 4.98 Å². The molecule has 13 heavy (non-hydrogen) atoms. The van der Waals surface area contributed by atoms with E-state index < -0.39 is 0 Å². The lowest BCUT2D eigenvalue weighted by molar-refractivity contribution is 0.154. The van der Waals surface area contributed by atoms with Gasteiger partial charge < -0.3 is 4.74 Å². The average Bonchev–Trinajstić information content (AvgIpc) is 2.53. The Balaban J connectivity index is 1.89. The van der Waals surface area contributed by atoms with E-state index >= 15 is 0 Å². The van der Waals surface area contributed by atoms with Gasteiger partial charge in [-0.05, 0) is 41.6 Å². The summed E-state index contributed by atoms with van der Waals surface area (Å²) in [6.07, 6.45) is 6.76. The third-order valence-electron chi connectivity index (χ3n) is 2.27. The predicted octanol–water partition coefficient (Wildman–Crippen LogP) is 3.62. The van der Waals surface area contributed by atoms with Crippen LogP contribution < -0.4 is 4.74 Å². The Morgan fingerprint density at radius 2 is 2.15 bits per heavy atom. The predicted molar refractivity (Wildman–Crippen MR) is 57.3 cm³/mol. The van der Waals surface area contributed by atoms with Crippen LogP contribution in [-0.2, 0) is 0 Å². The molecule has 1 aliphatic rings. The lowest BCUT2D eigenvalue weighted by Crippen LogP contribution is -2.19. The molecule has 1 heterocycles. The molecule has 0 spiro atoms. The Kier molecular flexibility index (Phi) is 3.22. The van der Waals surface area contributed by atoms with Gasteiger partial charge in [-0.25, -0.2) is 0 Å². The zero-order valence-corrected chi connectivity index (χ0v) is 9.73. The monoisotopic (exact) mass is 261 g/mol. The van der Waals surface area contributed by atoms with Crippen LogP contribution in [0.5, 0.6) is 5.19 Å². The highest BCUT2D eigenvalue weighted by Crippen LogP contribution is 2.27. The van der Waals surface area contributed by atoms with Crippen LogP contribution in [0.4, 0.5) is 0 Å². The second kappa shape index (κ2) is 4.42. The summed E-state index contributed by atoms with van der Waals surface area (Å²) >= 11 is 4.88. The van der Waals surface area contributed by atoms with Crippen LogP contribution in [0.1, 0.15) is 32.1 Å². The molecule has 0 aliphatic heterocycles. The lowest BCUT2D eigenvalue weighted by Gasteiger charge is -2.21. The van der Waals surface area contributed by atoms with Crippen molar-refractivity contribution in [3.05, 3.63) is 9.98 Å². The fourth-order valence-electron chi connectivity index (χ4n) is 1.62. The standard InChI is InChI=1S/C9H12BrNOS/c10-8-6-13-9(11-8)12-7-4-2-1-3-5-7/h6-7H,1-5H2. The van der Waals surface area contributed by atoms with E-state index in [0.717, 1.165) is 9.80 Å². The first kappa shape index (κ1) is 9.46. The first-order valence-electron chi connectivity index (χ1n) is 4.62. The van der Waals surface area contributed by atoms with Crippen molar-refractivity contribution in [2.45, 2.75) is 38.2 Å². The number of halogens is 1. The quantitative estimate of drug-likeness (QED) is 0.812. The van der Waals surface area contributed by atoms with Crippen molar-refractivity contribution in [3.63, 3.8) is 0 Å². The van der Waals surface area contributed by atoms with Gasteiger partial charge >= 0.3 is 0 Å². The summed E-state index contributed by atoms with van der Waals surface area (Å²) in [5.74, 6) is 0. The highest BCUT2D eigenvalue weighted by molar-refractivity contribution is 9.10. The molecule has 0 bridgehead atoms. The van der Waals surface area contributed by atoms with E-state index in [0.29, 0.717) is 6.10 Å². The van der Waals surface area contributed by atoms with Crippen molar-refractivity contribution in [1.82, 2.24) is 4.98 Å². The molecule has 2 nitrogen and oxygen atoms in total. The maximum atomic E-state index is 5.75. The summed E-state index contributed by atoms with van der Waals surface area (Å²) < 4.78 is 6.63. The maximum absolute atomic E-state index is 5.75. The van der Waals surface area contributed by atoms with E-state index in [9.17, 15) is 0 Å². The van der Waals surface area contributed by atoms with Gasteiger partial charge in [0.05, 0.1) is 0 Å². The normalized spacial score (nSPS) is 18.8. The Morgan fingerprint density at radius 3 is 2.77 bits per heavy atom. The molecule has 1 saturated carbocycles. The van der Waals surface area contributed by atoms with Crippen LogP contribution in [0.2, 0.25) is 0 Å². The van der Waals surface area contributed by atoms with Crippen molar-refractivity contribution in [1.29, 1.82) is 0 Å². The van der Waals surface area contributed by atoms with Crippen LogP contribution in [0.15, 0.2) is 9.98 Å². The molecule has 2 rings (SSSR count). The van der Waals surface area contributed by atoms with Crippen LogP contribution in [-0.4, -0.2) is 11.1 Å². The van der Waals surface area contributed by atoms with Gasteiger partial charge in [0.1, 0.15) is 10.7 Å². The van der Waals surface area contributed by atoms with Crippen molar-refractivity contribution in [3.8, 4) is 5.19 Å². The molecular weight excluding hydrogens is 250 g/mol. The highest BCUT2D eigenvalue weighted by atomic mass is 79.9. The molecule has 0 unspecified atom stereocenters. The number of thiazole rings is 1. The fourth-order valence-corrected chi connectivity index (χ4v) is 2.77. The molecule has 0 radical (unpaired) electrons. The first-order chi connectivity index (χ1) is 6.34. The molecule has 1 fully saturated rings. The topological polar surface area (TPSA) is 22.1 Å². The first-order valence-corrected chi connectivity index (χ1v) is 6.29. The van der Waals surface area contributed by atoms with Gasteiger partial charge in [0.15, 0.2) is 0 Å². The largest absolute Gasteiger partial charge is 0.467 e. The second-order valence-electron chi connectivity index (χ2n) is 3.31. The minimum Gasteiger partial charge on any atom is -0.467 e. The second-order valence-corrected chi connectivity index (χ2v) is 4.95. The number of ether oxygens (including phenoxy) is 1. The summed E-state index contributed by atoms with van der Waals surface area (Å²) in [5.41, 5.74) is 0.